The Bertz CT molecular complexity index is 1290. The number of alkyl halides is 2. The van der Waals surface area contributed by atoms with Gasteiger partial charge in [0, 0.05) is 10.7 Å². The number of benzene rings is 3. The van der Waals surface area contributed by atoms with Crippen molar-refractivity contribution in [1.82, 2.24) is 3.11 Å². The maximum absolute atomic E-state index is 13.0. The predicted molar refractivity (Wildman–Crippen MR) is 167 cm³/mol. The molecule has 39 heavy (non-hydrogen) atoms. The van der Waals surface area contributed by atoms with Gasteiger partial charge in [-0.2, -0.15) is 0 Å². The van der Waals surface area contributed by atoms with Gasteiger partial charge >= 0.3 is 176 Å². The standard InChI is InChI=1S/C30H35ClIN3O4/c1-32(2)35-16-6-9-25(19-35)39-30(38)34-28-17-21(10-14-26(28)22-7-4-3-5-8-22)11-15-29(37)33-24-13-12-23(20-36)27(31)18-24/h3-5,7-8,10,12-14,17-18,25,36H,6,9,11,15-16,19-20H2,1-2H3,(H,33,37)(H,34,38). The topological polar surface area (TPSA) is 90.9 Å². The van der Waals surface area contributed by atoms with E-state index >= 15 is 0 Å². The van der Waals surface area contributed by atoms with Crippen molar-refractivity contribution in [3.05, 3.63) is 82.9 Å². The van der Waals surface area contributed by atoms with Crippen LogP contribution < -0.4 is 10.6 Å². The summed E-state index contributed by atoms with van der Waals surface area (Å²) in [6.45, 7) is 1.74. The third kappa shape index (κ3) is 8.41. The van der Waals surface area contributed by atoms with Crippen molar-refractivity contribution in [2.75, 3.05) is 33.6 Å². The van der Waals surface area contributed by atoms with Crippen molar-refractivity contribution in [2.45, 2.75) is 38.4 Å². The first-order chi connectivity index (χ1) is 18.8. The molecular formula is C30H35ClIN3O4. The first-order valence-corrected chi connectivity index (χ1v) is 18.6. The van der Waals surface area contributed by atoms with Crippen LogP contribution in [-0.2, 0) is 22.6 Å². The van der Waals surface area contributed by atoms with Gasteiger partial charge in [0.05, 0.1) is 6.61 Å². The summed E-state index contributed by atoms with van der Waals surface area (Å²) in [5, 5.41) is 15.5. The first-order valence-electron chi connectivity index (χ1n) is 12.9. The van der Waals surface area contributed by atoms with Crippen molar-refractivity contribution in [2.24, 2.45) is 0 Å². The third-order valence-corrected chi connectivity index (χ3v) is 10.6. The number of carbonyl (C=O) groups is 2. The molecule has 1 saturated heterocycles. The SMILES string of the molecule is CI(C)N1CCCC(OC(=O)Nc2cc(CCC(=O)Nc3ccc(CO)c(Cl)c3)ccc2-c2ccccc2)C1. The second kappa shape index (κ2) is 14.1. The summed E-state index contributed by atoms with van der Waals surface area (Å²) in [6.07, 6.45) is 2.10. The van der Waals surface area contributed by atoms with Crippen LogP contribution in [0.15, 0.2) is 66.7 Å². The second-order valence-electron chi connectivity index (χ2n) is 9.64. The molecule has 2 amide bonds. The number of halogens is 2. The van der Waals surface area contributed by atoms with Gasteiger partial charge in [0.25, 0.3) is 0 Å². The van der Waals surface area contributed by atoms with E-state index < -0.39 is 26.2 Å². The summed E-state index contributed by atoms with van der Waals surface area (Å²) in [5.41, 5.74) is 4.63. The van der Waals surface area contributed by atoms with Crippen LogP contribution in [0.2, 0.25) is 5.02 Å². The predicted octanol–water partition coefficient (Wildman–Crippen LogP) is 6.76. The summed E-state index contributed by atoms with van der Waals surface area (Å²) >= 11 is 5.03. The third-order valence-electron chi connectivity index (χ3n) is 6.63. The molecule has 0 bridgehead atoms. The van der Waals surface area contributed by atoms with Gasteiger partial charge in [-0.3, -0.25) is 4.79 Å². The summed E-state index contributed by atoms with van der Waals surface area (Å²) < 4.78 is 8.33. The van der Waals surface area contributed by atoms with E-state index in [9.17, 15) is 14.7 Å². The van der Waals surface area contributed by atoms with E-state index in [1.54, 1.807) is 18.2 Å². The molecule has 1 aliphatic rings. The Labute approximate surface area is 242 Å². The number of carbonyl (C=O) groups excluding carboxylic acids is 2. The van der Waals surface area contributed by atoms with Gasteiger partial charge in [-0.25, -0.2) is 0 Å². The Hall–Kier alpha value is -2.66. The van der Waals surface area contributed by atoms with Crippen LogP contribution in [0.5, 0.6) is 0 Å². The monoisotopic (exact) mass is 663 g/mol. The molecule has 0 aliphatic carbocycles. The number of hydrogen-bond donors (Lipinski definition) is 3. The molecule has 3 aromatic carbocycles. The van der Waals surface area contributed by atoms with E-state index in [0.717, 1.165) is 42.6 Å². The minimum absolute atomic E-state index is 0.106. The fourth-order valence-electron chi connectivity index (χ4n) is 4.54. The number of nitrogens with zero attached hydrogens (tertiary/aromatic N) is 1. The summed E-state index contributed by atoms with van der Waals surface area (Å²) in [7, 11) is 0. The molecule has 1 fully saturated rings. The molecule has 9 heteroatoms. The van der Waals surface area contributed by atoms with Crippen LogP contribution in [0.3, 0.4) is 0 Å². The molecule has 1 aliphatic heterocycles. The molecule has 1 heterocycles. The summed E-state index contributed by atoms with van der Waals surface area (Å²) in [6, 6.07) is 20.8. The molecule has 1 unspecified atom stereocenters. The van der Waals surface area contributed by atoms with Crippen LogP contribution in [0.4, 0.5) is 16.2 Å². The molecule has 208 valence electrons. The van der Waals surface area contributed by atoms with Crippen molar-refractivity contribution in [3.63, 3.8) is 0 Å². The number of aliphatic hydroxyl groups excluding tert-OH is 1. The Balaban J connectivity index is 1.43. The molecule has 3 N–H and O–H groups in total. The molecule has 0 aromatic heterocycles. The van der Waals surface area contributed by atoms with Gasteiger partial charge in [-0.05, 0) is 17.7 Å². The number of piperidine rings is 1. The molecule has 7 nitrogen and oxygen atoms in total. The van der Waals surface area contributed by atoms with E-state index in [1.165, 1.54) is 0 Å². The number of ether oxygens (including phenoxy) is 1. The number of anilines is 2. The van der Waals surface area contributed by atoms with Crippen molar-refractivity contribution in [3.8, 4) is 11.1 Å². The molecule has 0 radical (unpaired) electrons. The van der Waals surface area contributed by atoms with Gasteiger partial charge < -0.3 is 10.4 Å². The number of amides is 2. The van der Waals surface area contributed by atoms with E-state index in [-0.39, 0.29) is 25.0 Å². The molecular weight excluding hydrogens is 629 g/mol. The maximum atomic E-state index is 13.0. The van der Waals surface area contributed by atoms with Gasteiger partial charge in [-0.1, -0.05) is 17.7 Å². The average Bonchev–Trinajstić information content (AvgIpc) is 2.92. The second-order valence-corrected chi connectivity index (χ2v) is 15.5. The molecule has 1 atom stereocenters. The fraction of sp³-hybridized carbons (Fsp3) is 0.333. The summed E-state index contributed by atoms with van der Waals surface area (Å²) in [5.74, 6) is -0.153. The van der Waals surface area contributed by atoms with E-state index in [1.807, 2.05) is 48.5 Å². The van der Waals surface area contributed by atoms with Crippen LogP contribution >= 0.6 is 31.7 Å². The molecule has 3 aromatic rings. The Kier molecular flexibility index (Phi) is 10.6. The van der Waals surface area contributed by atoms with Crippen molar-refractivity contribution >= 4 is 55.1 Å². The van der Waals surface area contributed by atoms with Gasteiger partial charge in [0.2, 0.25) is 0 Å². The number of nitrogens with one attached hydrogen (secondary N) is 2. The number of rotatable bonds is 9. The van der Waals surface area contributed by atoms with E-state index in [4.69, 9.17) is 16.3 Å². The van der Waals surface area contributed by atoms with Gasteiger partial charge in [0.15, 0.2) is 0 Å². The zero-order valence-electron chi connectivity index (χ0n) is 22.3. The number of aryl methyl sites for hydroxylation is 1. The Morgan fingerprint density at radius 1 is 1.08 bits per heavy atom. The zero-order chi connectivity index (χ0) is 27.8. The minimum atomic E-state index is -1.11. The fourth-order valence-corrected chi connectivity index (χ4v) is 7.32. The Morgan fingerprint density at radius 3 is 2.59 bits per heavy atom. The Morgan fingerprint density at radius 2 is 1.87 bits per heavy atom. The summed E-state index contributed by atoms with van der Waals surface area (Å²) in [4.78, 5) is 30.2. The molecule has 0 saturated carbocycles. The van der Waals surface area contributed by atoms with Crippen LogP contribution in [-0.4, -0.2) is 49.3 Å². The zero-order valence-corrected chi connectivity index (χ0v) is 25.2. The van der Waals surface area contributed by atoms with E-state index in [0.29, 0.717) is 28.4 Å². The van der Waals surface area contributed by atoms with Gasteiger partial charge in [0.1, 0.15) is 0 Å². The van der Waals surface area contributed by atoms with E-state index in [2.05, 4.69) is 23.6 Å². The molecule has 0 spiro atoms. The van der Waals surface area contributed by atoms with Crippen molar-refractivity contribution < 1.29 is 19.4 Å². The van der Waals surface area contributed by atoms with Crippen LogP contribution in [0.25, 0.3) is 11.1 Å². The number of hydrogen-bond acceptors (Lipinski definition) is 5. The van der Waals surface area contributed by atoms with Gasteiger partial charge in [-0.15, -0.1) is 0 Å². The van der Waals surface area contributed by atoms with Crippen molar-refractivity contribution in [1.29, 1.82) is 0 Å². The number of aliphatic hydroxyl groups is 1. The molecule has 4 rings (SSSR count). The van der Waals surface area contributed by atoms with Crippen LogP contribution in [0.1, 0.15) is 30.4 Å². The quantitative estimate of drug-likeness (QED) is 0.134. The first kappa shape index (κ1) is 29.3. The van der Waals surface area contributed by atoms with Crippen LogP contribution in [0, 0.1) is 0 Å². The normalized spacial score (nSPS) is 15.9. The average molecular weight is 664 g/mol.